The van der Waals surface area contributed by atoms with E-state index in [1.807, 2.05) is 30.3 Å². The zero-order valence-corrected chi connectivity index (χ0v) is 15.7. The van der Waals surface area contributed by atoms with Crippen LogP contribution in [0.25, 0.3) is 16.9 Å². The third-order valence-corrected chi connectivity index (χ3v) is 5.01. The number of rotatable bonds is 3. The van der Waals surface area contributed by atoms with Gasteiger partial charge in [-0.25, -0.2) is 9.20 Å². The van der Waals surface area contributed by atoms with Gasteiger partial charge in [0.15, 0.2) is 11.2 Å². The number of fused-ring (bicyclic) bond motifs is 3. The van der Waals surface area contributed by atoms with Crippen molar-refractivity contribution in [2.24, 2.45) is 14.1 Å². The zero-order valence-electron chi connectivity index (χ0n) is 15.7. The summed E-state index contributed by atoms with van der Waals surface area (Å²) in [5.74, 6) is -0.0853. The summed E-state index contributed by atoms with van der Waals surface area (Å²) in [7, 11) is 2.84. The van der Waals surface area contributed by atoms with Crippen molar-refractivity contribution in [3.05, 3.63) is 72.7 Å². The second-order valence-electron chi connectivity index (χ2n) is 6.66. The first-order valence-electron chi connectivity index (χ1n) is 8.83. The molecule has 0 unspecified atom stereocenters. The molecule has 0 spiro atoms. The van der Waals surface area contributed by atoms with Crippen LogP contribution >= 0.6 is 0 Å². The van der Waals surface area contributed by atoms with E-state index >= 15 is 0 Å². The van der Waals surface area contributed by atoms with Gasteiger partial charge >= 0.3 is 5.69 Å². The van der Waals surface area contributed by atoms with E-state index < -0.39 is 16.8 Å². The van der Waals surface area contributed by atoms with Crippen molar-refractivity contribution in [3.8, 4) is 5.88 Å². The molecule has 144 valence electrons. The highest BCUT2D eigenvalue weighted by Gasteiger charge is 2.23. The molecule has 0 atom stereocenters. The summed E-state index contributed by atoms with van der Waals surface area (Å²) in [5.41, 5.74) is -0.485. The van der Waals surface area contributed by atoms with Crippen LogP contribution < -0.4 is 16.8 Å². The van der Waals surface area contributed by atoms with Crippen LogP contribution in [0, 0.1) is 0 Å². The highest BCUT2D eigenvalue weighted by Crippen LogP contribution is 2.21. The fourth-order valence-electron chi connectivity index (χ4n) is 3.47. The van der Waals surface area contributed by atoms with E-state index in [2.05, 4.69) is 4.98 Å². The normalized spacial score (nSPS) is 11.5. The molecule has 0 amide bonds. The van der Waals surface area contributed by atoms with Crippen LogP contribution in [-0.4, -0.2) is 28.2 Å². The van der Waals surface area contributed by atoms with Crippen LogP contribution in [0.2, 0.25) is 0 Å². The predicted molar refractivity (Wildman–Crippen MR) is 104 cm³/mol. The third-order valence-electron chi connectivity index (χ3n) is 5.01. The molecule has 0 fully saturated rings. The van der Waals surface area contributed by atoms with Gasteiger partial charge in [0.25, 0.3) is 11.1 Å². The lowest BCUT2D eigenvalue weighted by atomic mass is 10.2. The Morgan fingerprint density at radius 2 is 1.68 bits per heavy atom. The zero-order chi connectivity index (χ0) is 20.2. The molecule has 28 heavy (non-hydrogen) atoms. The second-order valence-corrected chi connectivity index (χ2v) is 6.66. The van der Waals surface area contributed by atoms with Crippen LogP contribution in [0.1, 0.15) is 18.1 Å². The second kappa shape index (κ2) is 6.22. The largest absolute Gasteiger partial charge is 0.494 e. The Hall–Kier alpha value is -3.62. The summed E-state index contributed by atoms with van der Waals surface area (Å²) in [6, 6.07) is 9.39. The summed E-state index contributed by atoms with van der Waals surface area (Å²) in [5, 5.41) is 10.8. The molecule has 1 N–H and O–H groups in total. The Bertz CT molecular complexity index is 1410. The molecular formula is C19H19N5O4. The van der Waals surface area contributed by atoms with Crippen LogP contribution in [0.15, 0.2) is 44.7 Å². The summed E-state index contributed by atoms with van der Waals surface area (Å²) in [6.45, 7) is 2.00. The minimum Gasteiger partial charge on any atom is -0.494 e. The van der Waals surface area contributed by atoms with E-state index in [0.717, 1.165) is 10.1 Å². The maximum atomic E-state index is 13.0. The third kappa shape index (κ3) is 2.32. The predicted octanol–water partition coefficient (Wildman–Crippen LogP) is 0.363. The Balaban J connectivity index is 2.23. The van der Waals surface area contributed by atoms with Crippen LogP contribution in [0.5, 0.6) is 5.88 Å². The van der Waals surface area contributed by atoms with E-state index in [1.54, 1.807) is 6.92 Å². The minimum absolute atomic E-state index is 0.0149. The molecule has 1 aromatic carbocycles. The molecule has 9 heteroatoms. The molecule has 9 nitrogen and oxygen atoms in total. The van der Waals surface area contributed by atoms with Gasteiger partial charge in [0.2, 0.25) is 11.7 Å². The van der Waals surface area contributed by atoms with Gasteiger partial charge in [0.1, 0.15) is 0 Å². The summed E-state index contributed by atoms with van der Waals surface area (Å²) in [6.07, 6.45) is 0.279. The van der Waals surface area contributed by atoms with Crippen molar-refractivity contribution in [2.45, 2.75) is 19.9 Å². The van der Waals surface area contributed by atoms with E-state index in [-0.39, 0.29) is 41.4 Å². The van der Waals surface area contributed by atoms with E-state index in [9.17, 15) is 19.5 Å². The SMILES string of the molecule is CCc1c(O)n(Cc2ccccc2)c2nc3c(c(=O)n(C)c(=O)n3C)n2c1=O. The standard InChI is InChI=1S/C19H19N5O4/c1-4-12-15(25)23(10-11-8-6-5-7-9-11)18-20-14-13(24(18)16(12)26)17(27)22(3)19(28)21(14)2/h5-9,25H,4,10H2,1-3H3. The minimum atomic E-state index is -0.610. The summed E-state index contributed by atoms with van der Waals surface area (Å²) >= 11 is 0. The van der Waals surface area contributed by atoms with Gasteiger partial charge in [0.05, 0.1) is 12.1 Å². The molecule has 0 aliphatic carbocycles. The Morgan fingerprint density at radius 1 is 1.00 bits per heavy atom. The number of benzene rings is 1. The molecule has 3 aromatic heterocycles. The van der Waals surface area contributed by atoms with E-state index in [4.69, 9.17) is 0 Å². The van der Waals surface area contributed by atoms with Crippen molar-refractivity contribution in [1.29, 1.82) is 0 Å². The quantitative estimate of drug-likeness (QED) is 0.552. The van der Waals surface area contributed by atoms with Crippen molar-refractivity contribution < 1.29 is 5.11 Å². The Morgan fingerprint density at radius 3 is 2.32 bits per heavy atom. The van der Waals surface area contributed by atoms with Gasteiger partial charge in [-0.15, -0.1) is 0 Å². The molecule has 0 saturated carbocycles. The lowest BCUT2D eigenvalue weighted by molar-refractivity contribution is 0.412. The highest BCUT2D eigenvalue weighted by molar-refractivity contribution is 5.75. The molecule has 0 bridgehead atoms. The van der Waals surface area contributed by atoms with E-state index in [1.165, 1.54) is 27.6 Å². The smallest absolute Gasteiger partial charge is 0.332 e. The van der Waals surface area contributed by atoms with Crippen molar-refractivity contribution in [2.75, 3.05) is 0 Å². The van der Waals surface area contributed by atoms with Gasteiger partial charge < -0.3 is 5.11 Å². The number of imidazole rings is 1. The number of aromatic nitrogens is 5. The molecule has 0 radical (unpaired) electrons. The fraction of sp³-hybridized carbons (Fsp3) is 0.263. The average molecular weight is 381 g/mol. The molecular weight excluding hydrogens is 362 g/mol. The number of aromatic hydroxyl groups is 1. The van der Waals surface area contributed by atoms with Gasteiger partial charge in [-0.2, -0.15) is 4.98 Å². The summed E-state index contributed by atoms with van der Waals surface area (Å²) in [4.78, 5) is 42.5. The molecule has 4 aromatic rings. The molecule has 0 aliphatic heterocycles. The van der Waals surface area contributed by atoms with Crippen LogP contribution in [-0.2, 0) is 27.1 Å². The first-order valence-corrected chi connectivity index (χ1v) is 8.83. The topological polar surface area (TPSA) is 104 Å². The van der Waals surface area contributed by atoms with Crippen molar-refractivity contribution >= 4 is 16.9 Å². The lowest BCUT2D eigenvalue weighted by Gasteiger charge is -2.14. The van der Waals surface area contributed by atoms with E-state index in [0.29, 0.717) is 0 Å². The molecule has 4 rings (SSSR count). The van der Waals surface area contributed by atoms with Gasteiger partial charge in [0, 0.05) is 14.1 Å². The van der Waals surface area contributed by atoms with Crippen LogP contribution in [0.4, 0.5) is 0 Å². The Kier molecular flexibility index (Phi) is 3.95. The lowest BCUT2D eigenvalue weighted by Crippen LogP contribution is -2.38. The van der Waals surface area contributed by atoms with Crippen molar-refractivity contribution in [1.82, 2.24) is 23.1 Å². The van der Waals surface area contributed by atoms with Gasteiger partial charge in [-0.3, -0.25) is 23.3 Å². The molecule has 0 aliphatic rings. The van der Waals surface area contributed by atoms with Gasteiger partial charge in [-0.05, 0) is 12.0 Å². The average Bonchev–Trinajstić information content (AvgIpc) is 3.10. The fourth-order valence-corrected chi connectivity index (χ4v) is 3.47. The molecule has 0 saturated heterocycles. The number of hydrogen-bond acceptors (Lipinski definition) is 5. The van der Waals surface area contributed by atoms with Crippen molar-refractivity contribution in [3.63, 3.8) is 0 Å². The first kappa shape index (κ1) is 17.8. The maximum Gasteiger partial charge on any atom is 0.332 e. The highest BCUT2D eigenvalue weighted by atomic mass is 16.3. The number of hydrogen-bond donors (Lipinski definition) is 1. The van der Waals surface area contributed by atoms with Crippen LogP contribution in [0.3, 0.4) is 0 Å². The first-order chi connectivity index (χ1) is 13.4. The number of aryl methyl sites for hydroxylation is 1. The molecule has 3 heterocycles. The van der Waals surface area contributed by atoms with Gasteiger partial charge in [-0.1, -0.05) is 37.3 Å². The Labute approximate surface area is 158 Å². The summed E-state index contributed by atoms with van der Waals surface area (Å²) < 4.78 is 4.84. The maximum absolute atomic E-state index is 13.0. The number of nitrogens with zero attached hydrogens (tertiary/aromatic N) is 5. The monoisotopic (exact) mass is 381 g/mol.